The summed E-state index contributed by atoms with van der Waals surface area (Å²) in [6.07, 6.45) is 10.2. The SMILES string of the molecule is C[C@@H](CCN)NCCCCCCCCN[C@@H](C)CCN. The Morgan fingerprint density at radius 1 is 0.650 bits per heavy atom. The van der Waals surface area contributed by atoms with Crippen molar-refractivity contribution >= 4 is 0 Å². The van der Waals surface area contributed by atoms with Crippen LogP contribution in [0, 0.1) is 0 Å². The molecule has 0 heterocycles. The van der Waals surface area contributed by atoms with Crippen molar-refractivity contribution in [1.29, 1.82) is 0 Å². The molecule has 0 aliphatic heterocycles. The minimum Gasteiger partial charge on any atom is -0.330 e. The Morgan fingerprint density at radius 3 is 1.35 bits per heavy atom. The third-order valence-corrected chi connectivity index (χ3v) is 3.79. The molecule has 122 valence electrons. The van der Waals surface area contributed by atoms with E-state index in [1.54, 1.807) is 0 Å². The van der Waals surface area contributed by atoms with Gasteiger partial charge in [0.1, 0.15) is 0 Å². The highest BCUT2D eigenvalue weighted by atomic mass is 14.9. The van der Waals surface area contributed by atoms with Crippen LogP contribution in [0.2, 0.25) is 0 Å². The number of nitrogens with two attached hydrogens (primary N) is 2. The van der Waals surface area contributed by atoms with Gasteiger partial charge in [-0.05, 0) is 65.7 Å². The first-order valence-electron chi connectivity index (χ1n) is 8.57. The Hall–Kier alpha value is -0.160. The maximum atomic E-state index is 5.52. The lowest BCUT2D eigenvalue weighted by Crippen LogP contribution is -2.29. The van der Waals surface area contributed by atoms with E-state index in [9.17, 15) is 0 Å². The zero-order valence-corrected chi connectivity index (χ0v) is 13.8. The molecular formula is C16H38N4. The van der Waals surface area contributed by atoms with Crippen molar-refractivity contribution in [1.82, 2.24) is 10.6 Å². The first-order valence-corrected chi connectivity index (χ1v) is 8.57. The second-order valence-corrected chi connectivity index (χ2v) is 5.99. The second kappa shape index (κ2) is 15.2. The molecule has 0 aromatic carbocycles. The summed E-state index contributed by atoms with van der Waals surface area (Å²) in [5.74, 6) is 0. The maximum absolute atomic E-state index is 5.52. The number of nitrogens with one attached hydrogen (secondary N) is 2. The molecule has 0 aliphatic carbocycles. The number of rotatable bonds is 15. The molecule has 0 spiro atoms. The van der Waals surface area contributed by atoms with Crippen molar-refractivity contribution in [2.45, 2.75) is 77.3 Å². The van der Waals surface area contributed by atoms with Gasteiger partial charge in [0.2, 0.25) is 0 Å². The molecule has 0 fully saturated rings. The first kappa shape index (κ1) is 19.8. The third-order valence-electron chi connectivity index (χ3n) is 3.79. The van der Waals surface area contributed by atoms with Crippen LogP contribution in [-0.4, -0.2) is 38.3 Å². The zero-order valence-electron chi connectivity index (χ0n) is 13.8. The summed E-state index contributed by atoms with van der Waals surface area (Å²) >= 11 is 0. The van der Waals surface area contributed by atoms with Gasteiger partial charge in [-0.2, -0.15) is 0 Å². The Bertz CT molecular complexity index is 167. The van der Waals surface area contributed by atoms with E-state index in [1.807, 2.05) is 0 Å². The molecular weight excluding hydrogens is 248 g/mol. The second-order valence-electron chi connectivity index (χ2n) is 5.99. The highest BCUT2D eigenvalue weighted by Crippen LogP contribution is 2.05. The lowest BCUT2D eigenvalue weighted by Gasteiger charge is -2.12. The Balaban J connectivity index is 3.10. The Labute approximate surface area is 126 Å². The number of unbranched alkanes of at least 4 members (excludes halogenated alkanes) is 5. The molecule has 6 N–H and O–H groups in total. The molecule has 0 saturated heterocycles. The van der Waals surface area contributed by atoms with E-state index >= 15 is 0 Å². The van der Waals surface area contributed by atoms with Gasteiger partial charge >= 0.3 is 0 Å². The van der Waals surface area contributed by atoms with Crippen molar-refractivity contribution < 1.29 is 0 Å². The molecule has 0 saturated carbocycles. The Kier molecular flexibility index (Phi) is 15.1. The smallest absolute Gasteiger partial charge is 0.00507 e. The summed E-state index contributed by atoms with van der Waals surface area (Å²) in [6, 6.07) is 1.14. The van der Waals surface area contributed by atoms with Gasteiger partial charge < -0.3 is 22.1 Å². The van der Waals surface area contributed by atoms with Gasteiger partial charge in [0.15, 0.2) is 0 Å². The Morgan fingerprint density at radius 2 is 1.00 bits per heavy atom. The lowest BCUT2D eigenvalue weighted by atomic mass is 10.1. The minimum atomic E-state index is 0.571. The van der Waals surface area contributed by atoms with Crippen molar-refractivity contribution in [3.63, 3.8) is 0 Å². The average Bonchev–Trinajstić information content (AvgIpc) is 2.41. The van der Waals surface area contributed by atoms with E-state index in [1.165, 1.54) is 38.5 Å². The summed E-state index contributed by atoms with van der Waals surface area (Å²) in [7, 11) is 0. The number of hydrogen-bond donors (Lipinski definition) is 4. The van der Waals surface area contributed by atoms with Gasteiger partial charge in [0, 0.05) is 12.1 Å². The van der Waals surface area contributed by atoms with Crippen LogP contribution in [0.4, 0.5) is 0 Å². The van der Waals surface area contributed by atoms with Crippen LogP contribution in [0.15, 0.2) is 0 Å². The standard InChI is InChI=1S/C16H38N4/c1-15(9-11-17)19-13-7-5-3-4-6-8-14-20-16(2)10-12-18/h15-16,19-20H,3-14,17-18H2,1-2H3/t15-,16-/m0/s1. The van der Waals surface area contributed by atoms with E-state index < -0.39 is 0 Å². The highest BCUT2D eigenvalue weighted by molar-refractivity contribution is 4.62. The first-order chi connectivity index (χ1) is 9.70. The maximum Gasteiger partial charge on any atom is 0.00507 e. The molecule has 20 heavy (non-hydrogen) atoms. The zero-order chi connectivity index (χ0) is 15.1. The molecule has 0 unspecified atom stereocenters. The highest BCUT2D eigenvalue weighted by Gasteiger charge is 1.99. The summed E-state index contributed by atoms with van der Waals surface area (Å²) < 4.78 is 0. The van der Waals surface area contributed by atoms with E-state index in [-0.39, 0.29) is 0 Å². The van der Waals surface area contributed by atoms with Crippen LogP contribution in [0.25, 0.3) is 0 Å². The van der Waals surface area contributed by atoms with Gasteiger partial charge in [-0.1, -0.05) is 25.7 Å². The van der Waals surface area contributed by atoms with Crippen molar-refractivity contribution in [2.24, 2.45) is 11.5 Å². The molecule has 0 aromatic heterocycles. The quantitative estimate of drug-likeness (QED) is 0.347. The van der Waals surface area contributed by atoms with Gasteiger partial charge in [-0.25, -0.2) is 0 Å². The van der Waals surface area contributed by atoms with Gasteiger partial charge in [-0.3, -0.25) is 0 Å². The van der Waals surface area contributed by atoms with Crippen molar-refractivity contribution in [2.75, 3.05) is 26.2 Å². The summed E-state index contributed by atoms with van der Waals surface area (Å²) in [6.45, 7) is 8.27. The molecule has 0 amide bonds. The van der Waals surface area contributed by atoms with E-state index in [2.05, 4.69) is 24.5 Å². The predicted octanol–water partition coefficient (Wildman–Crippen LogP) is 1.98. The van der Waals surface area contributed by atoms with Crippen LogP contribution < -0.4 is 22.1 Å². The molecule has 4 nitrogen and oxygen atoms in total. The van der Waals surface area contributed by atoms with Crippen LogP contribution >= 0.6 is 0 Å². The van der Waals surface area contributed by atoms with E-state index in [0.717, 1.165) is 39.0 Å². The molecule has 0 aliphatic rings. The molecule has 2 atom stereocenters. The van der Waals surface area contributed by atoms with Gasteiger partial charge in [0.25, 0.3) is 0 Å². The van der Waals surface area contributed by atoms with Gasteiger partial charge in [0.05, 0.1) is 0 Å². The van der Waals surface area contributed by atoms with E-state index in [0.29, 0.717) is 12.1 Å². The monoisotopic (exact) mass is 286 g/mol. The third kappa shape index (κ3) is 14.3. The van der Waals surface area contributed by atoms with E-state index in [4.69, 9.17) is 11.5 Å². The molecule has 0 aromatic rings. The molecule has 0 rings (SSSR count). The lowest BCUT2D eigenvalue weighted by molar-refractivity contribution is 0.482. The van der Waals surface area contributed by atoms with Crippen LogP contribution in [0.5, 0.6) is 0 Å². The van der Waals surface area contributed by atoms with Gasteiger partial charge in [-0.15, -0.1) is 0 Å². The fraction of sp³-hybridized carbons (Fsp3) is 1.00. The van der Waals surface area contributed by atoms with Crippen molar-refractivity contribution in [3.05, 3.63) is 0 Å². The fourth-order valence-electron chi connectivity index (χ4n) is 2.36. The summed E-state index contributed by atoms with van der Waals surface area (Å²) in [4.78, 5) is 0. The molecule has 0 radical (unpaired) electrons. The normalized spacial score (nSPS) is 14.4. The molecule has 4 heteroatoms. The number of hydrogen-bond acceptors (Lipinski definition) is 4. The molecule has 0 bridgehead atoms. The predicted molar refractivity (Wildman–Crippen MR) is 90.0 cm³/mol. The van der Waals surface area contributed by atoms with Crippen LogP contribution in [-0.2, 0) is 0 Å². The fourth-order valence-corrected chi connectivity index (χ4v) is 2.36. The minimum absolute atomic E-state index is 0.571. The largest absolute Gasteiger partial charge is 0.330 e. The topological polar surface area (TPSA) is 76.1 Å². The summed E-state index contributed by atoms with van der Waals surface area (Å²) in [5, 5.41) is 7.04. The van der Waals surface area contributed by atoms with Crippen LogP contribution in [0.3, 0.4) is 0 Å². The summed E-state index contributed by atoms with van der Waals surface area (Å²) in [5.41, 5.74) is 11.0. The van der Waals surface area contributed by atoms with Crippen LogP contribution in [0.1, 0.15) is 65.2 Å². The van der Waals surface area contributed by atoms with Crippen molar-refractivity contribution in [3.8, 4) is 0 Å². The average molecular weight is 287 g/mol.